The van der Waals surface area contributed by atoms with Crippen LogP contribution in [0.3, 0.4) is 0 Å². The summed E-state index contributed by atoms with van der Waals surface area (Å²) in [4.78, 5) is 0. The summed E-state index contributed by atoms with van der Waals surface area (Å²) in [6.07, 6.45) is 2.43. The normalized spacial score (nSPS) is 7.43. The summed E-state index contributed by atoms with van der Waals surface area (Å²) in [6.45, 7) is 11.5. The van der Waals surface area contributed by atoms with Crippen molar-refractivity contribution >= 4 is 19.4 Å². The van der Waals surface area contributed by atoms with Gasteiger partial charge in [-0.3, -0.25) is 0 Å². The molecule has 0 heterocycles. The molecule has 88 valence electrons. The van der Waals surface area contributed by atoms with Crippen molar-refractivity contribution in [2.24, 2.45) is 0 Å². The summed E-state index contributed by atoms with van der Waals surface area (Å²) < 4.78 is 4.64. The van der Waals surface area contributed by atoms with E-state index < -0.39 is 0 Å². The molecule has 0 saturated heterocycles. The fraction of sp³-hybridized carbons (Fsp3) is 0.667. The number of nitrogens with zero attached hydrogens (tertiary/aromatic N) is 1. The molecule has 0 N–H and O–H groups in total. The summed E-state index contributed by atoms with van der Waals surface area (Å²) in [5, 5.41) is 7.92. The van der Waals surface area contributed by atoms with Crippen LogP contribution in [0, 0.1) is 25.2 Å². The van der Waals surface area contributed by atoms with Crippen LogP contribution in [0.5, 0.6) is 0 Å². The maximum atomic E-state index is 7.92. The van der Waals surface area contributed by atoms with Gasteiger partial charge in [-0.1, -0.05) is 25.1 Å². The molecule has 0 rings (SSSR count). The third-order valence-corrected chi connectivity index (χ3v) is 1.01. The Morgan fingerprint density at radius 2 is 1.71 bits per heavy atom. The van der Waals surface area contributed by atoms with Crippen LogP contribution < -0.4 is 0 Å². The molecule has 0 fully saturated rings. The maximum absolute atomic E-state index is 7.92. The van der Waals surface area contributed by atoms with Crippen LogP contribution in [0.2, 0.25) is 0 Å². The van der Waals surface area contributed by atoms with Gasteiger partial charge in [0.2, 0.25) is 0 Å². The van der Waals surface area contributed by atoms with Gasteiger partial charge in [-0.25, -0.2) is 0 Å². The van der Waals surface area contributed by atoms with Crippen molar-refractivity contribution < 1.29 is 21.0 Å². The molecule has 2 nitrogen and oxygen atoms in total. The Morgan fingerprint density at radius 3 is 1.93 bits per heavy atom. The summed E-state index contributed by atoms with van der Waals surface area (Å²) in [7, 11) is -0.0113. The van der Waals surface area contributed by atoms with Crippen LogP contribution >= 0.6 is 19.4 Å². The van der Waals surface area contributed by atoms with Crippen molar-refractivity contribution in [1.29, 1.82) is 5.26 Å². The summed E-state index contributed by atoms with van der Waals surface area (Å²) >= 11 is 5.13. The number of hydrogen-bond donors (Lipinski definition) is 0. The first kappa shape index (κ1) is 24.1. The second-order valence-corrected chi connectivity index (χ2v) is 2.74. The van der Waals surface area contributed by atoms with Crippen molar-refractivity contribution in [2.45, 2.75) is 33.1 Å². The Morgan fingerprint density at radius 1 is 1.36 bits per heavy atom. The molecule has 0 aromatic carbocycles. The van der Waals surface area contributed by atoms with E-state index >= 15 is 0 Å². The largest absolute Gasteiger partial charge is 2.00 e. The summed E-state index contributed by atoms with van der Waals surface area (Å²) in [5.74, 6) is 0. The summed E-state index contributed by atoms with van der Waals surface area (Å²) in [6, 6.07) is 1.92. The predicted octanol–water partition coefficient (Wildman–Crippen LogP) is 4.12. The molecule has 1 unspecified atom stereocenters. The van der Waals surface area contributed by atoms with Crippen LogP contribution in [0.25, 0.3) is 0 Å². The first-order valence-electron chi connectivity index (χ1n) is 4.17. The molecule has 0 aliphatic carbocycles. The standard InChI is InChI=1S/C3H5ClNOP.2C3H7.Ni/c4-7-6-3-1-2-5;2*1-3-2;/h7H,1,3H2;2*1,3H2,2H3;/q;2*-1;+2. The molecule has 14 heavy (non-hydrogen) atoms. The maximum Gasteiger partial charge on any atom is 2.00 e. The summed E-state index contributed by atoms with van der Waals surface area (Å²) in [5.41, 5.74) is 0. The number of halogens is 1. The van der Waals surface area contributed by atoms with E-state index in [0.29, 0.717) is 13.0 Å². The van der Waals surface area contributed by atoms with Gasteiger partial charge in [0.15, 0.2) is 0 Å². The van der Waals surface area contributed by atoms with E-state index in [9.17, 15) is 0 Å². The molecule has 5 heteroatoms. The van der Waals surface area contributed by atoms with E-state index in [1.807, 2.05) is 19.9 Å². The minimum Gasteiger partial charge on any atom is -0.345 e. The molecule has 0 aliphatic heterocycles. The van der Waals surface area contributed by atoms with Crippen molar-refractivity contribution in [3.8, 4) is 6.07 Å². The van der Waals surface area contributed by atoms with E-state index in [1.165, 1.54) is 0 Å². The van der Waals surface area contributed by atoms with Crippen LogP contribution in [-0.4, -0.2) is 6.61 Å². The average Bonchev–Trinajstić information content (AvgIpc) is 2.08. The van der Waals surface area contributed by atoms with Crippen molar-refractivity contribution in [2.75, 3.05) is 6.61 Å². The Kier molecular flexibility index (Phi) is 64.2. The molecule has 0 aromatic heterocycles. The zero-order valence-corrected chi connectivity index (χ0v) is 11.5. The van der Waals surface area contributed by atoms with Crippen LogP contribution in [0.15, 0.2) is 0 Å². The van der Waals surface area contributed by atoms with Crippen LogP contribution in [-0.2, 0) is 21.0 Å². The first-order chi connectivity index (χ1) is 6.24. The first-order valence-corrected chi connectivity index (χ1v) is 6.09. The van der Waals surface area contributed by atoms with Crippen molar-refractivity contribution in [3.63, 3.8) is 0 Å². The molecule has 0 amide bonds. The van der Waals surface area contributed by atoms with E-state index in [4.69, 9.17) is 16.5 Å². The molecular weight excluding hydrogens is 263 g/mol. The molecule has 0 aromatic rings. The minimum absolute atomic E-state index is 0. The average molecular weight is 282 g/mol. The topological polar surface area (TPSA) is 33.0 Å². The van der Waals surface area contributed by atoms with Crippen LogP contribution in [0.4, 0.5) is 0 Å². The Labute approximate surface area is 105 Å². The molecule has 0 aliphatic rings. The van der Waals surface area contributed by atoms with Crippen molar-refractivity contribution in [3.05, 3.63) is 13.8 Å². The van der Waals surface area contributed by atoms with Gasteiger partial charge >= 0.3 is 16.5 Å². The van der Waals surface area contributed by atoms with Crippen LogP contribution in [0.1, 0.15) is 33.1 Å². The molecule has 0 spiro atoms. The monoisotopic (exact) mass is 281 g/mol. The van der Waals surface area contributed by atoms with E-state index in [0.717, 1.165) is 12.8 Å². The number of rotatable bonds is 3. The van der Waals surface area contributed by atoms with Gasteiger partial charge in [0, 0.05) is 0 Å². The van der Waals surface area contributed by atoms with E-state index in [-0.39, 0.29) is 24.7 Å². The Balaban J connectivity index is -0.0000000610. The smallest absolute Gasteiger partial charge is 0.345 e. The fourth-order valence-corrected chi connectivity index (χ4v) is 0.546. The molecule has 0 saturated carbocycles. The fourth-order valence-electron chi connectivity index (χ4n) is 0.135. The molecule has 0 radical (unpaired) electrons. The molecule has 1 atom stereocenters. The van der Waals surface area contributed by atoms with Crippen molar-refractivity contribution in [1.82, 2.24) is 0 Å². The van der Waals surface area contributed by atoms with Gasteiger partial charge < -0.3 is 18.4 Å². The Hall–Kier alpha value is 0.664. The SMILES string of the molecule is N#CCCOPCl.[CH2-]CC.[CH2-]CC.[Ni+2]. The minimum atomic E-state index is -0.0113. The van der Waals surface area contributed by atoms with Gasteiger partial charge in [-0.05, 0) is 0 Å². The van der Waals surface area contributed by atoms with Gasteiger partial charge in [0.05, 0.1) is 19.1 Å². The zero-order valence-electron chi connectivity index (χ0n) is 8.79. The second kappa shape index (κ2) is 37.3. The van der Waals surface area contributed by atoms with E-state index in [1.54, 1.807) is 0 Å². The third kappa shape index (κ3) is 79.2. The number of hydrogen-bond acceptors (Lipinski definition) is 2. The van der Waals surface area contributed by atoms with E-state index in [2.05, 4.69) is 18.4 Å². The Bertz CT molecular complexity index is 99.3. The molecular formula is C9H19ClNNiOP. The predicted molar refractivity (Wildman–Crippen MR) is 61.6 cm³/mol. The third-order valence-electron chi connectivity index (χ3n) is 0.370. The second-order valence-electron chi connectivity index (χ2n) is 1.83. The van der Waals surface area contributed by atoms with Gasteiger partial charge in [-0.15, -0.1) is 0 Å². The van der Waals surface area contributed by atoms with Gasteiger partial charge in [0.25, 0.3) is 0 Å². The quantitative estimate of drug-likeness (QED) is 0.337. The molecule has 0 bridgehead atoms. The van der Waals surface area contributed by atoms with Gasteiger partial charge in [-0.2, -0.15) is 18.1 Å². The zero-order chi connectivity index (χ0) is 10.9. The van der Waals surface area contributed by atoms with Gasteiger partial charge in [0.1, 0.15) is 8.16 Å². The number of nitriles is 1.